The van der Waals surface area contributed by atoms with Gasteiger partial charge in [-0.1, -0.05) is 19.1 Å². The fourth-order valence-corrected chi connectivity index (χ4v) is 3.96. The molecule has 1 aromatic heterocycles. The molecule has 2 aromatic rings. The number of hydrogen-bond donors (Lipinski definition) is 2. The number of nitrogens with zero attached hydrogens (tertiary/aromatic N) is 2. The number of carbonyl (C=O) groups excluding carboxylic acids is 1. The number of nitrogens with one attached hydrogen (secondary N) is 2. The van der Waals surface area contributed by atoms with Crippen LogP contribution in [0.2, 0.25) is 0 Å². The van der Waals surface area contributed by atoms with Crippen LogP contribution in [-0.4, -0.2) is 36.8 Å². The highest BCUT2D eigenvalue weighted by Gasteiger charge is 2.44. The van der Waals surface area contributed by atoms with Gasteiger partial charge in [0.15, 0.2) is 6.04 Å². The Hall–Kier alpha value is -2.66. The molecule has 11 heteroatoms. The van der Waals surface area contributed by atoms with Crippen molar-refractivity contribution in [3.05, 3.63) is 52.9 Å². The van der Waals surface area contributed by atoms with Gasteiger partial charge in [0, 0.05) is 30.9 Å². The predicted molar refractivity (Wildman–Crippen MR) is 106 cm³/mol. The summed E-state index contributed by atoms with van der Waals surface area (Å²) in [6.07, 6.45) is -2.44. The first-order valence-corrected chi connectivity index (χ1v) is 10.5. The van der Waals surface area contributed by atoms with Crippen molar-refractivity contribution in [2.75, 3.05) is 6.54 Å². The number of hydrogen-bond acceptors (Lipinski definition) is 4. The Morgan fingerprint density at radius 1 is 1.23 bits per heavy atom. The van der Waals surface area contributed by atoms with Crippen molar-refractivity contribution in [3.8, 4) is 0 Å². The van der Waals surface area contributed by atoms with E-state index in [2.05, 4.69) is 9.82 Å². The number of halogens is 3. The van der Waals surface area contributed by atoms with Crippen LogP contribution in [0.15, 0.2) is 35.2 Å². The highest BCUT2D eigenvalue weighted by molar-refractivity contribution is 7.89. The minimum Gasteiger partial charge on any atom is -0.337 e. The van der Waals surface area contributed by atoms with Crippen molar-refractivity contribution in [3.63, 3.8) is 0 Å². The van der Waals surface area contributed by atoms with Crippen LogP contribution in [0.5, 0.6) is 0 Å². The summed E-state index contributed by atoms with van der Waals surface area (Å²) in [6, 6.07) is 3.39. The van der Waals surface area contributed by atoms with Crippen molar-refractivity contribution >= 4 is 22.0 Å². The number of rotatable bonds is 7. The zero-order valence-corrected chi connectivity index (χ0v) is 17.7. The number of alkyl halides is 3. The first kappa shape index (κ1) is 23.6. The molecule has 0 aliphatic rings. The molecule has 164 valence electrons. The molecule has 7 nitrogen and oxygen atoms in total. The number of amides is 1. The summed E-state index contributed by atoms with van der Waals surface area (Å²) in [5, 5.41) is 5.96. The summed E-state index contributed by atoms with van der Waals surface area (Å²) >= 11 is 0. The Morgan fingerprint density at radius 2 is 1.83 bits per heavy atom. The fraction of sp³-hybridized carbons (Fsp3) is 0.368. The number of benzene rings is 1. The molecule has 0 saturated carbocycles. The first-order chi connectivity index (χ1) is 13.9. The van der Waals surface area contributed by atoms with E-state index in [-0.39, 0.29) is 22.7 Å². The van der Waals surface area contributed by atoms with Gasteiger partial charge in [0.1, 0.15) is 0 Å². The van der Waals surface area contributed by atoms with Gasteiger partial charge in [-0.05, 0) is 37.6 Å². The van der Waals surface area contributed by atoms with E-state index in [4.69, 9.17) is 0 Å². The summed E-state index contributed by atoms with van der Waals surface area (Å²) in [7, 11) is -2.09. The zero-order chi connectivity index (χ0) is 22.7. The molecule has 0 aliphatic carbocycles. The van der Waals surface area contributed by atoms with Crippen molar-refractivity contribution in [2.45, 2.75) is 37.9 Å². The van der Waals surface area contributed by atoms with Crippen LogP contribution in [0.1, 0.15) is 35.5 Å². The molecule has 0 spiro atoms. The lowest BCUT2D eigenvalue weighted by molar-refractivity contribution is -0.162. The summed E-state index contributed by atoms with van der Waals surface area (Å²) in [5.41, 5.74) is 0.846. The van der Waals surface area contributed by atoms with Gasteiger partial charge in [-0.3, -0.25) is 9.48 Å². The molecule has 1 aromatic carbocycles. The van der Waals surface area contributed by atoms with Crippen molar-refractivity contribution < 1.29 is 26.4 Å². The standard InChI is InChI=1S/C19H23F3N4O3S/c1-5-23-30(28,29)15-9-6-14(7-10-15)8-11-16(27)24-18(19(20,21)22)17-12(2)25-26(4)13(17)3/h6-11,18,23H,5H2,1-4H3,(H,24,27). The van der Waals surface area contributed by atoms with Gasteiger partial charge in [-0.2, -0.15) is 18.3 Å². The topological polar surface area (TPSA) is 93.1 Å². The minimum absolute atomic E-state index is 0.0469. The van der Waals surface area contributed by atoms with Crippen LogP contribution < -0.4 is 10.0 Å². The van der Waals surface area contributed by atoms with Gasteiger partial charge in [0.2, 0.25) is 15.9 Å². The van der Waals surface area contributed by atoms with E-state index in [1.54, 1.807) is 6.92 Å². The van der Waals surface area contributed by atoms with Gasteiger partial charge in [-0.25, -0.2) is 13.1 Å². The van der Waals surface area contributed by atoms with E-state index in [0.29, 0.717) is 11.3 Å². The van der Waals surface area contributed by atoms with E-state index in [1.165, 1.54) is 55.9 Å². The lowest BCUT2D eigenvalue weighted by Crippen LogP contribution is -2.38. The molecule has 0 aliphatic heterocycles. The van der Waals surface area contributed by atoms with E-state index in [0.717, 1.165) is 6.08 Å². The molecular weight excluding hydrogens is 421 g/mol. The quantitative estimate of drug-likeness (QED) is 0.643. The molecule has 30 heavy (non-hydrogen) atoms. The van der Waals surface area contributed by atoms with Gasteiger partial charge < -0.3 is 5.32 Å². The molecule has 1 heterocycles. The third kappa shape index (κ3) is 5.48. The van der Waals surface area contributed by atoms with Crippen LogP contribution in [0, 0.1) is 13.8 Å². The van der Waals surface area contributed by atoms with Crippen LogP contribution in [0.25, 0.3) is 6.08 Å². The van der Waals surface area contributed by atoms with Crippen LogP contribution >= 0.6 is 0 Å². The average molecular weight is 444 g/mol. The number of carbonyl (C=O) groups is 1. The highest BCUT2D eigenvalue weighted by Crippen LogP contribution is 2.35. The molecule has 0 bridgehead atoms. The summed E-state index contributed by atoms with van der Waals surface area (Å²) in [4.78, 5) is 12.2. The first-order valence-electron chi connectivity index (χ1n) is 9.02. The molecule has 2 rings (SSSR count). The molecule has 1 amide bonds. The normalized spacial score (nSPS) is 13.6. The predicted octanol–water partition coefficient (Wildman–Crippen LogP) is 2.77. The maximum atomic E-state index is 13.6. The lowest BCUT2D eigenvalue weighted by atomic mass is 10.0. The second kappa shape index (κ2) is 9.00. The smallest absolute Gasteiger partial charge is 0.337 e. The van der Waals surface area contributed by atoms with Crippen LogP contribution in [0.3, 0.4) is 0 Å². The van der Waals surface area contributed by atoms with Gasteiger partial charge >= 0.3 is 6.18 Å². The van der Waals surface area contributed by atoms with Crippen molar-refractivity contribution in [1.82, 2.24) is 19.8 Å². The Morgan fingerprint density at radius 3 is 2.30 bits per heavy atom. The fourth-order valence-electron chi connectivity index (χ4n) is 2.92. The summed E-state index contributed by atoms with van der Waals surface area (Å²) < 4.78 is 68.2. The monoisotopic (exact) mass is 444 g/mol. The molecule has 0 fully saturated rings. The average Bonchev–Trinajstić information content (AvgIpc) is 2.89. The van der Waals surface area contributed by atoms with E-state index < -0.39 is 28.1 Å². The largest absolute Gasteiger partial charge is 0.413 e. The Kier molecular flexibility index (Phi) is 7.09. The molecule has 1 unspecified atom stereocenters. The van der Waals surface area contributed by atoms with Crippen LogP contribution in [-0.2, 0) is 21.9 Å². The Labute approximate surface area is 173 Å². The summed E-state index contributed by atoms with van der Waals surface area (Å²) in [5.74, 6) is -0.940. The second-order valence-corrected chi connectivity index (χ2v) is 8.36. The summed E-state index contributed by atoms with van der Waals surface area (Å²) in [6.45, 7) is 4.83. The SMILES string of the molecule is CCNS(=O)(=O)c1ccc(C=CC(=O)NC(c2c(C)nn(C)c2C)C(F)(F)F)cc1. The van der Waals surface area contributed by atoms with Gasteiger partial charge in [0.05, 0.1) is 10.6 Å². The number of aryl methyl sites for hydroxylation is 2. The third-order valence-corrected chi connectivity index (χ3v) is 5.98. The molecule has 1 atom stereocenters. The molecule has 0 radical (unpaired) electrons. The Balaban J connectivity index is 2.19. The third-order valence-electron chi connectivity index (χ3n) is 4.42. The van der Waals surface area contributed by atoms with Gasteiger partial charge in [0.25, 0.3) is 0 Å². The number of aromatic nitrogens is 2. The second-order valence-electron chi connectivity index (χ2n) is 6.60. The van der Waals surface area contributed by atoms with Gasteiger partial charge in [-0.15, -0.1) is 0 Å². The number of sulfonamides is 1. The zero-order valence-electron chi connectivity index (χ0n) is 16.9. The van der Waals surface area contributed by atoms with Crippen molar-refractivity contribution in [2.24, 2.45) is 7.05 Å². The lowest BCUT2D eigenvalue weighted by Gasteiger charge is -2.21. The maximum absolute atomic E-state index is 13.6. The van der Waals surface area contributed by atoms with E-state index in [1.807, 2.05) is 5.32 Å². The Bertz CT molecular complexity index is 1040. The van der Waals surface area contributed by atoms with Crippen LogP contribution in [0.4, 0.5) is 13.2 Å². The molecule has 0 saturated heterocycles. The highest BCUT2D eigenvalue weighted by atomic mass is 32.2. The maximum Gasteiger partial charge on any atom is 0.413 e. The van der Waals surface area contributed by atoms with Crippen molar-refractivity contribution in [1.29, 1.82) is 0 Å². The molecular formula is C19H23F3N4O3S. The van der Waals surface area contributed by atoms with E-state index >= 15 is 0 Å². The molecule has 2 N–H and O–H groups in total. The van der Waals surface area contributed by atoms with E-state index in [9.17, 15) is 26.4 Å². The minimum atomic E-state index is -4.70.